The zero-order valence-electron chi connectivity index (χ0n) is 20.6. The molecule has 0 aromatic heterocycles. The SMILES string of the molecule is CCCCCCCC(=O)N[C@@H](CC(N)=O)C(=O)N[C@@H](CCC(N)=O)C(=O)N[C@H](C=O)CC(C)C. The highest BCUT2D eigenvalue weighted by Crippen LogP contribution is 2.07. The number of aldehydes is 1. The van der Waals surface area contributed by atoms with E-state index in [4.69, 9.17) is 11.5 Å². The molecule has 0 aliphatic heterocycles. The number of amides is 5. The summed E-state index contributed by atoms with van der Waals surface area (Å²) >= 11 is 0. The number of carbonyl (C=O) groups is 6. The molecule has 0 saturated carbocycles. The average molecular weight is 484 g/mol. The van der Waals surface area contributed by atoms with Crippen molar-refractivity contribution in [3.05, 3.63) is 0 Å². The van der Waals surface area contributed by atoms with Crippen molar-refractivity contribution in [3.63, 3.8) is 0 Å². The molecule has 34 heavy (non-hydrogen) atoms. The van der Waals surface area contributed by atoms with Gasteiger partial charge in [-0.25, -0.2) is 0 Å². The van der Waals surface area contributed by atoms with Gasteiger partial charge in [-0.15, -0.1) is 0 Å². The van der Waals surface area contributed by atoms with Gasteiger partial charge < -0.3 is 32.2 Å². The van der Waals surface area contributed by atoms with Crippen molar-refractivity contribution < 1.29 is 28.8 Å². The van der Waals surface area contributed by atoms with E-state index in [9.17, 15) is 28.8 Å². The van der Waals surface area contributed by atoms with Crippen LogP contribution in [0.25, 0.3) is 0 Å². The van der Waals surface area contributed by atoms with Crippen LogP contribution in [0.15, 0.2) is 0 Å². The van der Waals surface area contributed by atoms with Gasteiger partial charge in [-0.1, -0.05) is 46.5 Å². The highest BCUT2D eigenvalue weighted by molar-refractivity contribution is 5.95. The van der Waals surface area contributed by atoms with Crippen molar-refractivity contribution in [2.45, 2.75) is 103 Å². The number of rotatable bonds is 19. The summed E-state index contributed by atoms with van der Waals surface area (Å²) in [6.07, 6.45) is 5.08. The maximum atomic E-state index is 12.8. The van der Waals surface area contributed by atoms with Gasteiger partial charge in [0.25, 0.3) is 0 Å². The van der Waals surface area contributed by atoms with E-state index in [1.807, 2.05) is 13.8 Å². The van der Waals surface area contributed by atoms with Gasteiger partial charge in [0.2, 0.25) is 29.5 Å². The molecule has 0 bridgehead atoms. The van der Waals surface area contributed by atoms with Gasteiger partial charge in [0.15, 0.2) is 0 Å². The maximum Gasteiger partial charge on any atom is 0.243 e. The molecular weight excluding hydrogens is 442 g/mol. The lowest BCUT2D eigenvalue weighted by atomic mass is 10.0. The Morgan fingerprint density at radius 2 is 1.41 bits per heavy atom. The standard InChI is InChI=1S/C23H41N5O6/c1-4-5-6-7-8-9-21(32)27-18(13-20(25)31)23(34)28-17(10-11-19(24)30)22(33)26-16(14-29)12-15(2)3/h14-18H,4-13H2,1-3H3,(H2,24,30)(H2,25,31)(H,26,33)(H,27,32)(H,28,34)/t16-,17-,18-/m0/s1. The molecule has 194 valence electrons. The Labute approximate surface area is 201 Å². The van der Waals surface area contributed by atoms with Crippen LogP contribution in [0.1, 0.15) is 85.0 Å². The number of primary amides is 2. The normalized spacial score (nSPS) is 13.4. The zero-order chi connectivity index (χ0) is 26.1. The van der Waals surface area contributed by atoms with Gasteiger partial charge in [0.05, 0.1) is 12.5 Å². The van der Waals surface area contributed by atoms with Crippen LogP contribution in [-0.2, 0) is 28.8 Å². The lowest BCUT2D eigenvalue weighted by molar-refractivity contribution is -0.134. The molecule has 0 aliphatic rings. The van der Waals surface area contributed by atoms with E-state index in [1.54, 1.807) is 0 Å². The van der Waals surface area contributed by atoms with E-state index < -0.39 is 54.1 Å². The Balaban J connectivity index is 5.24. The molecule has 0 heterocycles. The van der Waals surface area contributed by atoms with Crippen molar-refractivity contribution in [1.82, 2.24) is 16.0 Å². The Morgan fingerprint density at radius 3 is 1.94 bits per heavy atom. The fraction of sp³-hybridized carbons (Fsp3) is 0.739. The number of nitrogens with two attached hydrogens (primary N) is 2. The van der Waals surface area contributed by atoms with Crippen LogP contribution in [0, 0.1) is 5.92 Å². The summed E-state index contributed by atoms with van der Waals surface area (Å²) in [5.41, 5.74) is 10.4. The third-order valence-corrected chi connectivity index (χ3v) is 5.09. The lowest BCUT2D eigenvalue weighted by Gasteiger charge is -2.24. The summed E-state index contributed by atoms with van der Waals surface area (Å²) in [6.45, 7) is 5.85. The second-order valence-electron chi connectivity index (χ2n) is 8.90. The monoisotopic (exact) mass is 483 g/mol. The van der Waals surface area contributed by atoms with Crippen LogP contribution >= 0.6 is 0 Å². The first-order chi connectivity index (χ1) is 16.0. The van der Waals surface area contributed by atoms with Gasteiger partial charge in [0, 0.05) is 12.8 Å². The quantitative estimate of drug-likeness (QED) is 0.129. The Kier molecular flexibility index (Phi) is 16.0. The predicted octanol–water partition coefficient (Wildman–Crippen LogP) is 0.187. The molecule has 11 nitrogen and oxygen atoms in total. The molecule has 11 heteroatoms. The molecule has 0 aromatic rings. The maximum absolute atomic E-state index is 12.8. The Hall–Kier alpha value is -2.98. The number of carbonyl (C=O) groups excluding carboxylic acids is 6. The molecular formula is C23H41N5O6. The van der Waals surface area contributed by atoms with Gasteiger partial charge in [0.1, 0.15) is 18.4 Å². The lowest BCUT2D eigenvalue weighted by Crippen LogP contribution is -2.56. The minimum atomic E-state index is -1.28. The van der Waals surface area contributed by atoms with Gasteiger partial charge in [-0.3, -0.25) is 24.0 Å². The molecule has 3 atom stereocenters. The second-order valence-corrected chi connectivity index (χ2v) is 8.90. The molecule has 0 unspecified atom stereocenters. The van der Waals surface area contributed by atoms with E-state index >= 15 is 0 Å². The molecule has 0 saturated heterocycles. The molecule has 0 radical (unpaired) electrons. The van der Waals surface area contributed by atoms with Crippen LogP contribution in [0.3, 0.4) is 0 Å². The molecule has 5 amide bonds. The summed E-state index contributed by atoms with van der Waals surface area (Å²) in [7, 11) is 0. The van der Waals surface area contributed by atoms with E-state index in [0.717, 1.165) is 25.7 Å². The first-order valence-corrected chi connectivity index (χ1v) is 11.9. The third kappa shape index (κ3) is 15.0. The second kappa shape index (κ2) is 17.5. The highest BCUT2D eigenvalue weighted by atomic mass is 16.2. The number of unbranched alkanes of at least 4 members (excludes halogenated alkanes) is 4. The fourth-order valence-electron chi connectivity index (χ4n) is 3.33. The van der Waals surface area contributed by atoms with Crippen LogP contribution in [0.2, 0.25) is 0 Å². The van der Waals surface area contributed by atoms with Crippen LogP contribution in [0.4, 0.5) is 0 Å². The minimum Gasteiger partial charge on any atom is -0.370 e. The Bertz CT molecular complexity index is 697. The number of hydrogen-bond acceptors (Lipinski definition) is 6. The summed E-state index contributed by atoms with van der Waals surface area (Å²) in [5.74, 6) is -3.23. The molecule has 0 aromatic carbocycles. The predicted molar refractivity (Wildman–Crippen MR) is 127 cm³/mol. The molecule has 0 aliphatic carbocycles. The Morgan fingerprint density at radius 1 is 0.794 bits per heavy atom. The van der Waals surface area contributed by atoms with Crippen LogP contribution in [-0.4, -0.2) is 53.9 Å². The molecule has 0 spiro atoms. The average Bonchev–Trinajstić information content (AvgIpc) is 2.74. The summed E-state index contributed by atoms with van der Waals surface area (Å²) < 4.78 is 0. The van der Waals surface area contributed by atoms with Crippen molar-refractivity contribution in [3.8, 4) is 0 Å². The summed E-state index contributed by atoms with van der Waals surface area (Å²) in [4.78, 5) is 71.8. The van der Waals surface area contributed by atoms with Gasteiger partial charge in [-0.2, -0.15) is 0 Å². The van der Waals surface area contributed by atoms with Gasteiger partial charge >= 0.3 is 0 Å². The van der Waals surface area contributed by atoms with Crippen molar-refractivity contribution in [1.29, 1.82) is 0 Å². The molecule has 7 N–H and O–H groups in total. The topological polar surface area (TPSA) is 191 Å². The van der Waals surface area contributed by atoms with Crippen LogP contribution in [0.5, 0.6) is 0 Å². The van der Waals surface area contributed by atoms with E-state index in [0.29, 0.717) is 19.1 Å². The zero-order valence-corrected chi connectivity index (χ0v) is 20.6. The first kappa shape index (κ1) is 31.0. The molecule has 0 rings (SSSR count). The minimum absolute atomic E-state index is 0.116. The highest BCUT2D eigenvalue weighted by Gasteiger charge is 2.29. The van der Waals surface area contributed by atoms with Crippen molar-refractivity contribution in [2.24, 2.45) is 17.4 Å². The third-order valence-electron chi connectivity index (χ3n) is 5.09. The van der Waals surface area contributed by atoms with Crippen molar-refractivity contribution >= 4 is 35.8 Å². The first-order valence-electron chi connectivity index (χ1n) is 11.9. The number of nitrogens with one attached hydrogen (secondary N) is 3. The van der Waals surface area contributed by atoms with Crippen molar-refractivity contribution in [2.75, 3.05) is 0 Å². The molecule has 0 fully saturated rings. The van der Waals surface area contributed by atoms with E-state index in [2.05, 4.69) is 22.9 Å². The largest absolute Gasteiger partial charge is 0.370 e. The van der Waals surface area contributed by atoms with Gasteiger partial charge in [-0.05, 0) is 25.2 Å². The fourth-order valence-corrected chi connectivity index (χ4v) is 3.33. The smallest absolute Gasteiger partial charge is 0.243 e. The summed E-state index contributed by atoms with van der Waals surface area (Å²) in [5, 5.41) is 7.49. The number of hydrogen-bond donors (Lipinski definition) is 5. The van der Waals surface area contributed by atoms with E-state index in [-0.39, 0.29) is 25.2 Å². The van der Waals surface area contributed by atoms with Crippen LogP contribution < -0.4 is 27.4 Å². The van der Waals surface area contributed by atoms with E-state index in [1.165, 1.54) is 0 Å². The summed E-state index contributed by atoms with van der Waals surface area (Å²) in [6, 6.07) is -3.24.